The van der Waals surface area contributed by atoms with Crippen LogP contribution in [0.5, 0.6) is 0 Å². The van der Waals surface area contributed by atoms with Crippen LogP contribution in [0.15, 0.2) is 64.1 Å². The van der Waals surface area contributed by atoms with Gasteiger partial charge in [0.05, 0.1) is 16.3 Å². The van der Waals surface area contributed by atoms with Crippen LogP contribution in [0.2, 0.25) is 10.0 Å². The average molecular weight is 416 g/mol. The van der Waals surface area contributed by atoms with Gasteiger partial charge < -0.3 is 9.73 Å². The van der Waals surface area contributed by atoms with Crippen LogP contribution in [-0.2, 0) is 4.79 Å². The molecule has 2 amide bonds. The Kier molecular flexibility index (Phi) is 6.13. The number of rotatable bonds is 5. The number of hydrogen-bond acceptors (Lipinski definition) is 4. The fourth-order valence-electron chi connectivity index (χ4n) is 2.39. The smallest absolute Gasteiger partial charge is 0.271 e. The minimum atomic E-state index is -0.417. The molecule has 0 spiro atoms. The lowest BCUT2D eigenvalue weighted by atomic mass is 10.2. The van der Waals surface area contributed by atoms with E-state index >= 15 is 0 Å². The summed E-state index contributed by atoms with van der Waals surface area (Å²) < 4.78 is 5.67. The molecule has 1 aromatic heterocycles. The minimum Gasteiger partial charge on any atom is -0.455 e. The van der Waals surface area contributed by atoms with E-state index in [0.717, 1.165) is 5.56 Å². The van der Waals surface area contributed by atoms with Crippen molar-refractivity contribution in [3.63, 3.8) is 0 Å². The number of nitrogens with one attached hydrogen (secondary N) is 2. The summed E-state index contributed by atoms with van der Waals surface area (Å²) >= 11 is 11.9. The number of halogens is 2. The molecule has 3 aromatic rings. The second-order valence-electron chi connectivity index (χ2n) is 5.79. The Bertz CT molecular complexity index is 1060. The second-order valence-corrected chi connectivity index (χ2v) is 6.61. The van der Waals surface area contributed by atoms with E-state index in [1.165, 1.54) is 13.1 Å². The molecule has 2 N–H and O–H groups in total. The molecule has 0 bridgehead atoms. The van der Waals surface area contributed by atoms with Gasteiger partial charge in [0.2, 0.25) is 5.91 Å². The van der Waals surface area contributed by atoms with Gasteiger partial charge in [-0.25, -0.2) is 5.43 Å². The molecule has 0 aliphatic carbocycles. The zero-order valence-electron chi connectivity index (χ0n) is 14.7. The predicted molar refractivity (Wildman–Crippen MR) is 110 cm³/mol. The van der Waals surface area contributed by atoms with Gasteiger partial charge in [0, 0.05) is 23.7 Å². The van der Waals surface area contributed by atoms with Crippen LogP contribution in [0.25, 0.3) is 11.3 Å². The van der Waals surface area contributed by atoms with Gasteiger partial charge in [-0.3, -0.25) is 9.59 Å². The number of anilines is 1. The molecular formula is C20H15Cl2N3O3. The summed E-state index contributed by atoms with van der Waals surface area (Å²) in [7, 11) is 0. The maximum Gasteiger partial charge on any atom is 0.271 e. The fourth-order valence-corrected chi connectivity index (χ4v) is 2.69. The van der Waals surface area contributed by atoms with Crippen molar-refractivity contribution < 1.29 is 14.0 Å². The normalized spacial score (nSPS) is 10.8. The molecule has 0 saturated carbocycles. The maximum atomic E-state index is 12.2. The molecular weight excluding hydrogens is 401 g/mol. The standard InChI is InChI=1S/C20H15Cl2N3O3/c1-12(26)24-15-4-2-3-14(9-15)20(27)25-23-11-16-6-8-19(28-16)13-5-7-17(21)18(22)10-13/h2-11H,1H3,(H,24,26)(H,25,27)/b23-11-. The summed E-state index contributed by atoms with van der Waals surface area (Å²) in [6, 6.07) is 15.2. The van der Waals surface area contributed by atoms with E-state index < -0.39 is 5.91 Å². The van der Waals surface area contributed by atoms with Crippen molar-refractivity contribution in [3.05, 3.63) is 76.0 Å². The molecule has 1 heterocycles. The third-order valence-electron chi connectivity index (χ3n) is 3.63. The van der Waals surface area contributed by atoms with Crippen molar-refractivity contribution in [1.82, 2.24) is 5.43 Å². The van der Waals surface area contributed by atoms with Gasteiger partial charge in [0.25, 0.3) is 5.91 Å². The van der Waals surface area contributed by atoms with Gasteiger partial charge in [-0.2, -0.15) is 5.10 Å². The van der Waals surface area contributed by atoms with Crippen molar-refractivity contribution in [2.45, 2.75) is 6.92 Å². The Morgan fingerprint density at radius 2 is 1.86 bits per heavy atom. The Hall–Kier alpha value is -3.09. The monoisotopic (exact) mass is 415 g/mol. The first-order chi connectivity index (χ1) is 13.4. The molecule has 0 saturated heterocycles. The molecule has 0 unspecified atom stereocenters. The highest BCUT2D eigenvalue weighted by Gasteiger charge is 2.08. The van der Waals surface area contributed by atoms with Gasteiger partial charge in [-0.05, 0) is 48.5 Å². The number of carbonyl (C=O) groups excluding carboxylic acids is 2. The van der Waals surface area contributed by atoms with Crippen LogP contribution in [0.1, 0.15) is 23.0 Å². The SMILES string of the molecule is CC(=O)Nc1cccc(C(=O)N/N=C\c2ccc(-c3ccc(Cl)c(Cl)c3)o2)c1. The van der Waals surface area contributed by atoms with E-state index in [0.29, 0.717) is 32.8 Å². The Morgan fingerprint density at radius 3 is 2.61 bits per heavy atom. The number of hydrogen-bond donors (Lipinski definition) is 2. The zero-order chi connectivity index (χ0) is 20.1. The van der Waals surface area contributed by atoms with E-state index in [4.69, 9.17) is 27.6 Å². The minimum absolute atomic E-state index is 0.217. The molecule has 2 aromatic carbocycles. The summed E-state index contributed by atoms with van der Waals surface area (Å²) in [5.41, 5.74) is 4.07. The Labute approximate surface area is 171 Å². The summed E-state index contributed by atoms with van der Waals surface area (Å²) in [5.74, 6) is 0.411. The van der Waals surface area contributed by atoms with Crippen molar-refractivity contribution in [2.75, 3.05) is 5.32 Å². The summed E-state index contributed by atoms with van der Waals surface area (Å²) in [6.45, 7) is 1.40. The highest BCUT2D eigenvalue weighted by Crippen LogP contribution is 2.29. The topological polar surface area (TPSA) is 83.7 Å². The van der Waals surface area contributed by atoms with Crippen LogP contribution in [0.3, 0.4) is 0 Å². The van der Waals surface area contributed by atoms with Crippen LogP contribution >= 0.6 is 23.2 Å². The first kappa shape index (κ1) is 19.7. The fraction of sp³-hybridized carbons (Fsp3) is 0.0500. The lowest BCUT2D eigenvalue weighted by Crippen LogP contribution is -2.18. The molecule has 0 atom stereocenters. The molecule has 6 nitrogen and oxygen atoms in total. The number of benzene rings is 2. The first-order valence-electron chi connectivity index (χ1n) is 8.19. The summed E-state index contributed by atoms with van der Waals surface area (Å²) in [5, 5.41) is 7.40. The van der Waals surface area contributed by atoms with Crippen LogP contribution in [-0.4, -0.2) is 18.0 Å². The van der Waals surface area contributed by atoms with Gasteiger partial charge in [0.1, 0.15) is 11.5 Å². The molecule has 8 heteroatoms. The van der Waals surface area contributed by atoms with Gasteiger partial charge in [-0.1, -0.05) is 29.3 Å². The number of nitrogens with zero attached hydrogens (tertiary/aromatic N) is 1. The third-order valence-corrected chi connectivity index (χ3v) is 4.37. The van der Waals surface area contributed by atoms with Crippen LogP contribution < -0.4 is 10.7 Å². The Morgan fingerprint density at radius 1 is 1.04 bits per heavy atom. The Balaban J connectivity index is 1.65. The molecule has 142 valence electrons. The largest absolute Gasteiger partial charge is 0.455 e. The average Bonchev–Trinajstić information content (AvgIpc) is 3.12. The molecule has 0 aliphatic rings. The van der Waals surface area contributed by atoms with Crippen molar-refractivity contribution in [3.8, 4) is 11.3 Å². The number of amides is 2. The van der Waals surface area contributed by atoms with Crippen molar-refractivity contribution >= 4 is 46.9 Å². The molecule has 0 aliphatic heterocycles. The van der Waals surface area contributed by atoms with Crippen molar-refractivity contribution in [2.24, 2.45) is 5.10 Å². The van der Waals surface area contributed by atoms with Gasteiger partial charge in [0.15, 0.2) is 0 Å². The second kappa shape index (κ2) is 8.73. The highest BCUT2D eigenvalue weighted by atomic mass is 35.5. The predicted octanol–water partition coefficient (Wildman–Crippen LogP) is 4.98. The van der Waals surface area contributed by atoms with Gasteiger partial charge >= 0.3 is 0 Å². The third kappa shape index (κ3) is 5.00. The van der Waals surface area contributed by atoms with E-state index in [1.54, 1.807) is 54.6 Å². The van der Waals surface area contributed by atoms with E-state index in [1.807, 2.05) is 0 Å². The van der Waals surface area contributed by atoms with Crippen LogP contribution in [0.4, 0.5) is 5.69 Å². The number of hydrazone groups is 1. The van der Waals surface area contributed by atoms with Crippen LogP contribution in [0, 0.1) is 0 Å². The lowest BCUT2D eigenvalue weighted by Gasteiger charge is -2.04. The quantitative estimate of drug-likeness (QED) is 0.455. The highest BCUT2D eigenvalue weighted by molar-refractivity contribution is 6.42. The maximum absolute atomic E-state index is 12.2. The van der Waals surface area contributed by atoms with Crippen molar-refractivity contribution in [1.29, 1.82) is 0 Å². The van der Waals surface area contributed by atoms with E-state index in [2.05, 4.69) is 15.8 Å². The lowest BCUT2D eigenvalue weighted by molar-refractivity contribution is -0.114. The summed E-state index contributed by atoms with van der Waals surface area (Å²) in [4.78, 5) is 23.3. The summed E-state index contributed by atoms with van der Waals surface area (Å²) in [6.07, 6.45) is 1.39. The number of furan rings is 1. The van der Waals surface area contributed by atoms with E-state index in [9.17, 15) is 9.59 Å². The molecule has 3 rings (SSSR count). The molecule has 0 fully saturated rings. The molecule has 0 radical (unpaired) electrons. The zero-order valence-corrected chi connectivity index (χ0v) is 16.2. The van der Waals surface area contributed by atoms with Gasteiger partial charge in [-0.15, -0.1) is 0 Å². The van der Waals surface area contributed by atoms with E-state index in [-0.39, 0.29) is 5.91 Å². The number of carbonyl (C=O) groups is 2. The first-order valence-corrected chi connectivity index (χ1v) is 8.94. The molecule has 28 heavy (non-hydrogen) atoms.